The van der Waals surface area contributed by atoms with Crippen LogP contribution in [-0.2, 0) is 25.3 Å². The minimum Gasteiger partial charge on any atom is -0.482 e. The molecule has 13 heteroatoms. The molecule has 2 aromatic carbocycles. The summed E-state index contributed by atoms with van der Waals surface area (Å²) in [5, 5.41) is 0.586. The lowest BCUT2D eigenvalue weighted by atomic mass is 9.68. The number of nitrogens with one attached hydrogen (secondary N) is 1. The number of hydrogen-bond acceptors (Lipinski definition) is 8. The van der Waals surface area contributed by atoms with Crippen molar-refractivity contribution in [2.24, 2.45) is 29.6 Å². The van der Waals surface area contributed by atoms with E-state index >= 15 is 0 Å². The van der Waals surface area contributed by atoms with E-state index in [2.05, 4.69) is 4.98 Å². The molecule has 0 unspecified atom stereocenters. The largest absolute Gasteiger partial charge is 0.482 e. The van der Waals surface area contributed by atoms with Gasteiger partial charge in [-0.1, -0.05) is 35.6 Å². The summed E-state index contributed by atoms with van der Waals surface area (Å²) < 4.78 is 51.3. The third kappa shape index (κ3) is 4.42. The van der Waals surface area contributed by atoms with E-state index in [4.69, 9.17) is 9.47 Å². The number of thiazole rings is 1. The zero-order valence-electron chi connectivity index (χ0n) is 22.6. The van der Waals surface area contributed by atoms with E-state index in [9.17, 15) is 32.3 Å². The molecule has 2 bridgehead atoms. The lowest BCUT2D eigenvalue weighted by molar-refractivity contribution is -0.145. The average molecular weight is 631 g/mol. The fourth-order valence-electron chi connectivity index (χ4n) is 7.65. The Hall–Kier alpha value is -3.58. The fraction of sp³-hybridized carbons (Fsp3) is 0.400. The molecule has 3 aromatic rings. The van der Waals surface area contributed by atoms with Crippen molar-refractivity contribution in [1.82, 2.24) is 4.98 Å². The Morgan fingerprint density at radius 2 is 1.79 bits per heavy atom. The summed E-state index contributed by atoms with van der Waals surface area (Å²) in [7, 11) is 0. The molecule has 0 radical (unpaired) electrons. The molecule has 8 nitrogen and oxygen atoms in total. The van der Waals surface area contributed by atoms with Gasteiger partial charge in [0.25, 0.3) is 0 Å². The van der Waals surface area contributed by atoms with Crippen molar-refractivity contribution in [2.45, 2.75) is 35.7 Å². The Bertz CT molecular complexity index is 1700. The van der Waals surface area contributed by atoms with Crippen LogP contribution in [0.5, 0.6) is 5.75 Å². The lowest BCUT2D eigenvalue weighted by Crippen LogP contribution is -2.42. The molecular formula is C30H25F3N2O6S2. The van der Waals surface area contributed by atoms with Gasteiger partial charge in [0.2, 0.25) is 11.8 Å². The molecule has 1 aromatic heterocycles. The maximum atomic E-state index is 13.9. The summed E-state index contributed by atoms with van der Waals surface area (Å²) in [5.41, 5.74) is -0.246. The number of alkyl halides is 3. The second kappa shape index (κ2) is 10.3. The lowest BCUT2D eigenvalue weighted by Gasteiger charge is -2.43. The number of nitrogens with zero attached hydrogens (tertiary/aromatic N) is 1. The highest BCUT2D eigenvalue weighted by Crippen LogP contribution is 2.69. The van der Waals surface area contributed by atoms with Gasteiger partial charge < -0.3 is 14.5 Å². The number of amides is 2. The van der Waals surface area contributed by atoms with E-state index in [0.717, 1.165) is 38.8 Å². The first-order chi connectivity index (χ1) is 20.6. The molecule has 2 saturated carbocycles. The molecule has 1 saturated heterocycles. The first-order valence-electron chi connectivity index (χ1n) is 13.9. The molecule has 7 rings (SSSR count). The standard InChI is InChI=1S/C30H25F3N2O6S2/c1-2-40-19(36)12-41-18-9-4-3-8-15(18)20-21-16-11-17(24(21)42-26-25(20)43-29(39)34-26)23-22(16)27(37)35(28(23)38)14-7-5-6-13(10-14)30(31,32)33/h3-10,16-17,20-24H,2,11-12H2,1H3,(H,34,39)/t16-,17-,20+,21-,22+,23+,24-/m1/s1. The van der Waals surface area contributed by atoms with Gasteiger partial charge in [0.1, 0.15) is 5.75 Å². The van der Waals surface area contributed by atoms with Gasteiger partial charge in [-0.25, -0.2) is 4.79 Å². The maximum Gasteiger partial charge on any atom is 0.416 e. The van der Waals surface area contributed by atoms with Crippen molar-refractivity contribution in [1.29, 1.82) is 0 Å². The van der Waals surface area contributed by atoms with Gasteiger partial charge in [-0.2, -0.15) is 13.2 Å². The zero-order valence-corrected chi connectivity index (χ0v) is 24.3. The Balaban J connectivity index is 1.27. The number of anilines is 1. The van der Waals surface area contributed by atoms with E-state index in [1.54, 1.807) is 19.1 Å². The molecular weight excluding hydrogens is 605 g/mol. The van der Waals surface area contributed by atoms with Crippen LogP contribution < -0.4 is 14.5 Å². The zero-order chi connectivity index (χ0) is 30.2. The van der Waals surface area contributed by atoms with E-state index in [1.165, 1.54) is 23.9 Å². The van der Waals surface area contributed by atoms with E-state index in [1.807, 2.05) is 12.1 Å². The van der Waals surface area contributed by atoms with Crippen LogP contribution in [0.1, 0.15) is 35.3 Å². The van der Waals surface area contributed by atoms with E-state index < -0.39 is 41.4 Å². The second-order valence-corrected chi connectivity index (χ2v) is 13.4. The second-order valence-electron chi connectivity index (χ2n) is 11.2. The highest BCUT2D eigenvalue weighted by Gasteiger charge is 2.70. The number of aromatic amines is 1. The predicted molar refractivity (Wildman–Crippen MR) is 151 cm³/mol. The minimum absolute atomic E-state index is 0.0769. The molecule has 2 amide bonds. The normalized spacial score (nSPS) is 28.9. The first-order valence-corrected chi connectivity index (χ1v) is 15.6. The SMILES string of the molecule is CCOC(=O)COc1ccccc1[C@@H]1c2sc(=O)[nH]c2S[C@@H]2[C@@H]3C[C@@H]([C@@H]4C(=O)N(c5cccc(C(F)(F)F)c5)C(=O)[C@@H]34)[C@H]12. The van der Waals surface area contributed by atoms with Crippen molar-refractivity contribution in [3.05, 3.63) is 74.2 Å². The molecule has 3 heterocycles. The van der Waals surface area contributed by atoms with Crippen LogP contribution in [-0.4, -0.2) is 41.2 Å². The first kappa shape index (κ1) is 28.2. The van der Waals surface area contributed by atoms with Crippen LogP contribution in [0.4, 0.5) is 18.9 Å². The van der Waals surface area contributed by atoms with Crippen molar-refractivity contribution < 1.29 is 37.0 Å². The van der Waals surface area contributed by atoms with Gasteiger partial charge in [-0.05, 0) is 55.4 Å². The summed E-state index contributed by atoms with van der Waals surface area (Å²) in [6.07, 6.45) is -4.00. The Kier molecular flexibility index (Phi) is 6.73. The van der Waals surface area contributed by atoms with E-state index in [-0.39, 0.29) is 52.7 Å². The highest BCUT2D eigenvalue weighted by atomic mass is 32.2. The monoisotopic (exact) mass is 630 g/mol. The number of halogens is 3. The minimum atomic E-state index is -4.62. The smallest absolute Gasteiger partial charge is 0.416 e. The van der Waals surface area contributed by atoms with Gasteiger partial charge in [-0.15, -0.1) is 11.8 Å². The fourth-order valence-corrected chi connectivity index (χ4v) is 10.5. The van der Waals surface area contributed by atoms with Crippen LogP contribution >= 0.6 is 23.1 Å². The summed E-state index contributed by atoms with van der Waals surface area (Å²) in [6, 6.07) is 11.6. The Labute approximate surface area is 251 Å². The van der Waals surface area contributed by atoms with Gasteiger partial charge in [-0.3, -0.25) is 19.3 Å². The Morgan fingerprint density at radius 1 is 1.05 bits per heavy atom. The van der Waals surface area contributed by atoms with Gasteiger partial charge >= 0.3 is 17.0 Å². The molecule has 1 N–H and O–H groups in total. The maximum absolute atomic E-state index is 13.9. The molecule has 224 valence electrons. The van der Waals surface area contributed by atoms with Gasteiger partial charge in [0.15, 0.2) is 6.61 Å². The summed E-state index contributed by atoms with van der Waals surface area (Å²) >= 11 is 2.60. The van der Waals surface area contributed by atoms with Gasteiger partial charge in [0.05, 0.1) is 34.7 Å². The van der Waals surface area contributed by atoms with E-state index in [0.29, 0.717) is 17.2 Å². The number of benzene rings is 2. The number of ether oxygens (including phenoxy) is 2. The topological polar surface area (TPSA) is 106 Å². The number of aromatic nitrogens is 1. The van der Waals surface area contributed by atoms with Crippen LogP contribution in [0.2, 0.25) is 0 Å². The number of H-pyrrole nitrogens is 1. The number of esters is 1. The van der Waals surface area contributed by atoms with Crippen LogP contribution in [0.25, 0.3) is 0 Å². The number of para-hydroxylation sites is 1. The molecule has 4 aliphatic rings. The average Bonchev–Trinajstić information content (AvgIpc) is 3.70. The van der Waals surface area contributed by atoms with Crippen LogP contribution in [0, 0.1) is 29.6 Å². The highest BCUT2D eigenvalue weighted by molar-refractivity contribution is 8.00. The molecule has 2 aliphatic heterocycles. The number of imide groups is 1. The summed E-state index contributed by atoms with van der Waals surface area (Å²) in [5.74, 6) is -3.30. The number of carbonyl (C=O) groups is 3. The van der Waals surface area contributed by atoms with Crippen molar-refractivity contribution >= 4 is 46.6 Å². The number of fused-ring (bicyclic) bond motifs is 9. The molecule has 2 aliphatic carbocycles. The van der Waals surface area contributed by atoms with Crippen LogP contribution in [0.15, 0.2) is 58.4 Å². The molecule has 43 heavy (non-hydrogen) atoms. The molecule has 0 spiro atoms. The predicted octanol–water partition coefficient (Wildman–Crippen LogP) is 5.08. The third-order valence-electron chi connectivity index (χ3n) is 9.06. The van der Waals surface area contributed by atoms with Crippen LogP contribution in [0.3, 0.4) is 0 Å². The van der Waals surface area contributed by atoms with Gasteiger partial charge in [0, 0.05) is 21.6 Å². The van der Waals surface area contributed by atoms with Crippen molar-refractivity contribution in [3.63, 3.8) is 0 Å². The van der Waals surface area contributed by atoms with Crippen molar-refractivity contribution in [2.75, 3.05) is 18.1 Å². The number of rotatable bonds is 6. The number of hydrogen-bond donors (Lipinski definition) is 1. The number of thioether (sulfide) groups is 1. The molecule has 7 atom stereocenters. The quantitative estimate of drug-likeness (QED) is 0.299. The van der Waals surface area contributed by atoms with Crippen molar-refractivity contribution in [3.8, 4) is 5.75 Å². The molecule has 3 fully saturated rings. The summed E-state index contributed by atoms with van der Waals surface area (Å²) in [4.78, 5) is 56.8. The summed E-state index contributed by atoms with van der Waals surface area (Å²) in [6.45, 7) is 1.61. The Morgan fingerprint density at radius 3 is 2.53 bits per heavy atom. The third-order valence-corrected chi connectivity index (χ3v) is 11.6. The number of carbonyl (C=O) groups excluding carboxylic acids is 3.